The largest absolute Gasteiger partial charge is 0.490 e. The Balaban J connectivity index is 1.93. The Morgan fingerprint density at radius 3 is 2.42 bits per heavy atom. The second kappa shape index (κ2) is 7.16. The molecule has 0 atom stereocenters. The van der Waals surface area contributed by atoms with E-state index in [9.17, 15) is 0 Å². The molecule has 1 aliphatic carbocycles. The quantitative estimate of drug-likeness (QED) is 0.756. The number of methoxy groups -OCH3 is 1. The van der Waals surface area contributed by atoms with Gasteiger partial charge in [-0.05, 0) is 18.8 Å². The van der Waals surface area contributed by atoms with E-state index in [1.165, 1.54) is 25.7 Å². The van der Waals surface area contributed by atoms with Gasteiger partial charge in [0.15, 0.2) is 11.6 Å². The van der Waals surface area contributed by atoms with Crippen LogP contribution in [0.4, 0.5) is 11.6 Å². The Kier molecular flexibility index (Phi) is 5.24. The lowest BCUT2D eigenvalue weighted by Gasteiger charge is -2.25. The van der Waals surface area contributed by atoms with Crippen molar-refractivity contribution in [2.45, 2.75) is 39.0 Å². The Morgan fingerprint density at radius 1 is 1.21 bits per heavy atom. The molecule has 1 fully saturated rings. The number of rotatable bonds is 8. The van der Waals surface area contributed by atoms with Crippen molar-refractivity contribution in [1.82, 2.24) is 9.97 Å². The van der Waals surface area contributed by atoms with Crippen LogP contribution in [0.2, 0.25) is 0 Å². The third kappa shape index (κ3) is 3.72. The zero-order valence-corrected chi connectivity index (χ0v) is 11.9. The second-order valence-corrected chi connectivity index (χ2v) is 5.04. The lowest BCUT2D eigenvalue weighted by Crippen LogP contribution is -2.16. The van der Waals surface area contributed by atoms with Crippen molar-refractivity contribution in [2.24, 2.45) is 5.92 Å². The summed E-state index contributed by atoms with van der Waals surface area (Å²) in [6.07, 6.45) is 8.00. The first-order valence-corrected chi connectivity index (χ1v) is 7.21. The van der Waals surface area contributed by atoms with Crippen LogP contribution >= 0.6 is 0 Å². The number of aromatic nitrogens is 2. The van der Waals surface area contributed by atoms with E-state index >= 15 is 0 Å². The van der Waals surface area contributed by atoms with E-state index in [1.807, 2.05) is 0 Å². The van der Waals surface area contributed by atoms with Gasteiger partial charge in [-0.15, -0.1) is 0 Å². The average Bonchev–Trinajstić information content (AvgIpc) is 2.39. The summed E-state index contributed by atoms with van der Waals surface area (Å²) < 4.78 is 5.42. The Bertz CT molecular complexity index is 393. The van der Waals surface area contributed by atoms with Crippen LogP contribution in [-0.4, -0.2) is 30.2 Å². The van der Waals surface area contributed by atoms with Gasteiger partial charge in [0.2, 0.25) is 5.75 Å². The molecule has 0 aliphatic heterocycles. The van der Waals surface area contributed by atoms with Crippen LogP contribution in [0.3, 0.4) is 0 Å². The molecule has 0 bridgehead atoms. The molecule has 1 heterocycles. The van der Waals surface area contributed by atoms with Crippen molar-refractivity contribution >= 4 is 11.6 Å². The monoisotopic (exact) mass is 264 g/mol. The summed E-state index contributed by atoms with van der Waals surface area (Å²) in [6, 6.07) is 0. The van der Waals surface area contributed by atoms with E-state index in [2.05, 4.69) is 27.5 Å². The molecule has 1 aromatic rings. The van der Waals surface area contributed by atoms with E-state index in [-0.39, 0.29) is 0 Å². The maximum atomic E-state index is 5.42. The molecule has 1 aromatic heterocycles. The standard InChI is InChI=1S/C14H24N4O/c1-3-8-15-13-12(19-2)14(18-10-17-13)16-9-7-11-5-4-6-11/h10-11H,3-9H2,1-2H3,(H2,15,16,17,18). The molecular weight excluding hydrogens is 240 g/mol. The third-order valence-electron chi connectivity index (χ3n) is 3.62. The van der Waals surface area contributed by atoms with E-state index in [0.29, 0.717) is 5.75 Å². The molecule has 19 heavy (non-hydrogen) atoms. The normalized spacial score (nSPS) is 14.8. The zero-order valence-electron chi connectivity index (χ0n) is 11.9. The predicted octanol–water partition coefficient (Wildman–Crippen LogP) is 2.91. The number of anilines is 2. The molecule has 0 saturated heterocycles. The summed E-state index contributed by atoms with van der Waals surface area (Å²) in [6.45, 7) is 3.96. The highest BCUT2D eigenvalue weighted by atomic mass is 16.5. The van der Waals surface area contributed by atoms with Gasteiger partial charge < -0.3 is 15.4 Å². The number of ether oxygens (including phenoxy) is 1. The fourth-order valence-electron chi connectivity index (χ4n) is 2.24. The minimum atomic E-state index is 0.713. The van der Waals surface area contributed by atoms with Crippen LogP contribution < -0.4 is 15.4 Å². The van der Waals surface area contributed by atoms with Gasteiger partial charge in [-0.25, -0.2) is 9.97 Å². The van der Waals surface area contributed by atoms with Crippen molar-refractivity contribution in [1.29, 1.82) is 0 Å². The SMILES string of the molecule is CCCNc1ncnc(NCCC2CCC2)c1OC. The van der Waals surface area contributed by atoms with Crippen LogP contribution in [0.15, 0.2) is 6.33 Å². The van der Waals surface area contributed by atoms with Gasteiger partial charge in [-0.2, -0.15) is 0 Å². The van der Waals surface area contributed by atoms with Gasteiger partial charge in [0.1, 0.15) is 6.33 Å². The summed E-state index contributed by atoms with van der Waals surface area (Å²) >= 11 is 0. The Morgan fingerprint density at radius 2 is 1.89 bits per heavy atom. The molecule has 106 valence electrons. The zero-order chi connectivity index (χ0) is 13.5. The lowest BCUT2D eigenvalue weighted by molar-refractivity contribution is 0.302. The highest BCUT2D eigenvalue weighted by Crippen LogP contribution is 2.31. The van der Waals surface area contributed by atoms with Crippen molar-refractivity contribution in [2.75, 3.05) is 30.8 Å². The van der Waals surface area contributed by atoms with E-state index in [4.69, 9.17) is 4.74 Å². The number of nitrogens with zero attached hydrogens (tertiary/aromatic N) is 2. The third-order valence-corrected chi connectivity index (χ3v) is 3.62. The highest BCUT2D eigenvalue weighted by Gasteiger charge is 2.17. The summed E-state index contributed by atoms with van der Waals surface area (Å²) in [5, 5.41) is 6.62. The molecule has 5 nitrogen and oxygen atoms in total. The van der Waals surface area contributed by atoms with Crippen molar-refractivity contribution < 1.29 is 4.74 Å². The Hall–Kier alpha value is -1.52. The molecule has 0 aromatic carbocycles. The van der Waals surface area contributed by atoms with Gasteiger partial charge >= 0.3 is 0 Å². The van der Waals surface area contributed by atoms with Crippen LogP contribution in [-0.2, 0) is 0 Å². The first-order chi connectivity index (χ1) is 9.35. The molecule has 0 amide bonds. The minimum Gasteiger partial charge on any atom is -0.490 e. The van der Waals surface area contributed by atoms with Crippen LogP contribution in [0, 0.1) is 5.92 Å². The molecule has 1 saturated carbocycles. The van der Waals surface area contributed by atoms with Crippen LogP contribution in [0.25, 0.3) is 0 Å². The summed E-state index contributed by atoms with van der Waals surface area (Å²) in [4.78, 5) is 8.50. The number of hydrogen-bond acceptors (Lipinski definition) is 5. The number of nitrogens with one attached hydrogen (secondary N) is 2. The first-order valence-electron chi connectivity index (χ1n) is 7.21. The van der Waals surface area contributed by atoms with Gasteiger partial charge in [0.05, 0.1) is 7.11 Å². The highest BCUT2D eigenvalue weighted by molar-refractivity contribution is 5.63. The molecule has 0 spiro atoms. The van der Waals surface area contributed by atoms with Gasteiger partial charge in [-0.1, -0.05) is 26.2 Å². The molecule has 1 aliphatic rings. The average molecular weight is 264 g/mol. The predicted molar refractivity (Wildman–Crippen MR) is 77.8 cm³/mol. The smallest absolute Gasteiger partial charge is 0.204 e. The van der Waals surface area contributed by atoms with Crippen molar-refractivity contribution in [3.8, 4) is 5.75 Å². The van der Waals surface area contributed by atoms with Crippen molar-refractivity contribution in [3.63, 3.8) is 0 Å². The molecule has 0 radical (unpaired) electrons. The van der Waals surface area contributed by atoms with Gasteiger partial charge in [-0.3, -0.25) is 0 Å². The Labute approximate surface area is 115 Å². The minimum absolute atomic E-state index is 0.713. The molecule has 5 heteroatoms. The molecule has 0 unspecified atom stereocenters. The summed E-state index contributed by atoms with van der Waals surface area (Å²) in [5.74, 6) is 3.17. The molecule has 2 N–H and O–H groups in total. The lowest BCUT2D eigenvalue weighted by atomic mass is 9.83. The molecular formula is C14H24N4O. The van der Waals surface area contributed by atoms with Crippen molar-refractivity contribution in [3.05, 3.63) is 6.33 Å². The van der Waals surface area contributed by atoms with E-state index in [0.717, 1.165) is 37.1 Å². The first kappa shape index (κ1) is 13.9. The summed E-state index contributed by atoms with van der Waals surface area (Å²) in [5.41, 5.74) is 0. The fourth-order valence-corrected chi connectivity index (χ4v) is 2.24. The van der Waals surface area contributed by atoms with Crippen LogP contribution in [0.1, 0.15) is 39.0 Å². The maximum Gasteiger partial charge on any atom is 0.204 e. The summed E-state index contributed by atoms with van der Waals surface area (Å²) in [7, 11) is 1.66. The topological polar surface area (TPSA) is 59.1 Å². The van der Waals surface area contributed by atoms with E-state index < -0.39 is 0 Å². The second-order valence-electron chi connectivity index (χ2n) is 5.04. The maximum absolute atomic E-state index is 5.42. The van der Waals surface area contributed by atoms with E-state index in [1.54, 1.807) is 13.4 Å². The fraction of sp³-hybridized carbons (Fsp3) is 0.714. The number of hydrogen-bond donors (Lipinski definition) is 2. The molecule has 2 rings (SSSR count). The van der Waals surface area contributed by atoms with Gasteiger partial charge in [0, 0.05) is 13.1 Å². The van der Waals surface area contributed by atoms with Crippen LogP contribution in [0.5, 0.6) is 5.75 Å². The van der Waals surface area contributed by atoms with Gasteiger partial charge in [0.25, 0.3) is 0 Å².